The Morgan fingerprint density at radius 1 is 1.00 bits per heavy atom. The Morgan fingerprint density at radius 3 is 2.35 bits per heavy atom. The van der Waals surface area contributed by atoms with E-state index in [1.807, 2.05) is 60.0 Å². The van der Waals surface area contributed by atoms with Gasteiger partial charge in [0.25, 0.3) is 11.8 Å². The predicted molar refractivity (Wildman–Crippen MR) is 120 cm³/mol. The number of aryl methyl sites for hydroxylation is 1. The molecule has 1 aromatic carbocycles. The first-order valence-electron chi connectivity index (χ1n) is 11.3. The van der Waals surface area contributed by atoms with Crippen LogP contribution in [-0.2, 0) is 0 Å². The smallest absolute Gasteiger partial charge is 0.276 e. The lowest BCUT2D eigenvalue weighted by Crippen LogP contribution is -2.38. The largest absolute Gasteiger partial charge is 0.445 e. The lowest BCUT2D eigenvalue weighted by Gasteiger charge is -2.31. The molecule has 166 valence electrons. The number of likely N-dealkylation sites (tertiary alicyclic amines) is 2. The minimum absolute atomic E-state index is 0.0133. The fraction of sp³-hybridized carbons (Fsp3) is 0.542. The molecular formula is C24H32N4O3. The van der Waals surface area contributed by atoms with E-state index >= 15 is 0 Å². The zero-order valence-corrected chi connectivity index (χ0v) is 18.8. The Labute approximate surface area is 184 Å². The first-order valence-corrected chi connectivity index (χ1v) is 11.3. The maximum absolute atomic E-state index is 13.0. The van der Waals surface area contributed by atoms with Gasteiger partial charge in [-0.3, -0.25) is 9.59 Å². The third kappa shape index (κ3) is 4.60. The molecule has 2 aliphatic heterocycles. The molecule has 0 saturated carbocycles. The summed E-state index contributed by atoms with van der Waals surface area (Å²) in [5.41, 5.74) is 2.18. The van der Waals surface area contributed by atoms with Gasteiger partial charge in [-0.1, -0.05) is 6.07 Å². The fourth-order valence-electron chi connectivity index (χ4n) is 4.47. The second-order valence-corrected chi connectivity index (χ2v) is 8.82. The van der Waals surface area contributed by atoms with E-state index in [9.17, 15) is 9.59 Å². The third-order valence-corrected chi connectivity index (χ3v) is 6.40. The maximum atomic E-state index is 13.0. The number of hydrogen-bond acceptors (Lipinski definition) is 5. The lowest BCUT2D eigenvalue weighted by atomic mass is 9.96. The van der Waals surface area contributed by atoms with Crippen LogP contribution < -0.4 is 4.90 Å². The van der Waals surface area contributed by atoms with Crippen LogP contribution in [0, 0.1) is 6.92 Å². The molecule has 0 bridgehead atoms. The molecule has 0 atom stereocenters. The second-order valence-electron chi connectivity index (χ2n) is 8.82. The monoisotopic (exact) mass is 424 g/mol. The fourth-order valence-corrected chi connectivity index (χ4v) is 4.47. The van der Waals surface area contributed by atoms with E-state index in [1.54, 1.807) is 0 Å². The van der Waals surface area contributed by atoms with E-state index in [0.29, 0.717) is 36.0 Å². The van der Waals surface area contributed by atoms with Crippen molar-refractivity contribution in [3.05, 3.63) is 47.2 Å². The molecule has 31 heavy (non-hydrogen) atoms. The second kappa shape index (κ2) is 9.12. The highest BCUT2D eigenvalue weighted by Crippen LogP contribution is 2.30. The van der Waals surface area contributed by atoms with Crippen LogP contribution in [0.2, 0.25) is 0 Å². The Hall–Kier alpha value is -2.83. The summed E-state index contributed by atoms with van der Waals surface area (Å²) in [5.74, 6) is 1.43. The van der Waals surface area contributed by atoms with E-state index in [0.717, 1.165) is 44.5 Å². The molecule has 0 N–H and O–H groups in total. The molecule has 0 spiro atoms. The average molecular weight is 425 g/mol. The van der Waals surface area contributed by atoms with E-state index in [4.69, 9.17) is 4.42 Å². The van der Waals surface area contributed by atoms with Crippen LogP contribution >= 0.6 is 0 Å². The minimum atomic E-state index is -0.0133. The van der Waals surface area contributed by atoms with E-state index in [1.165, 1.54) is 6.42 Å². The summed E-state index contributed by atoms with van der Waals surface area (Å²) < 4.78 is 5.92. The van der Waals surface area contributed by atoms with Gasteiger partial charge in [-0.2, -0.15) is 0 Å². The van der Waals surface area contributed by atoms with Gasteiger partial charge in [0.05, 0.1) is 0 Å². The first kappa shape index (κ1) is 21.4. The summed E-state index contributed by atoms with van der Waals surface area (Å²) in [6, 6.07) is 7.73. The van der Waals surface area contributed by atoms with Crippen LogP contribution in [0.5, 0.6) is 0 Å². The molecule has 7 heteroatoms. The minimum Gasteiger partial charge on any atom is -0.445 e. The van der Waals surface area contributed by atoms with Gasteiger partial charge < -0.3 is 19.1 Å². The highest BCUT2D eigenvalue weighted by molar-refractivity contribution is 5.95. The van der Waals surface area contributed by atoms with Crippen molar-refractivity contribution in [2.75, 3.05) is 45.2 Å². The van der Waals surface area contributed by atoms with Crippen molar-refractivity contribution in [2.45, 2.75) is 44.9 Å². The van der Waals surface area contributed by atoms with Crippen molar-refractivity contribution in [1.29, 1.82) is 0 Å². The summed E-state index contributed by atoms with van der Waals surface area (Å²) in [7, 11) is 3.94. The van der Waals surface area contributed by atoms with Crippen molar-refractivity contribution in [1.82, 2.24) is 14.8 Å². The van der Waals surface area contributed by atoms with Crippen molar-refractivity contribution in [3.8, 4) is 0 Å². The highest BCUT2D eigenvalue weighted by atomic mass is 16.4. The summed E-state index contributed by atoms with van der Waals surface area (Å²) >= 11 is 0. The maximum Gasteiger partial charge on any atom is 0.276 e. The van der Waals surface area contributed by atoms with Gasteiger partial charge in [0.15, 0.2) is 11.6 Å². The summed E-state index contributed by atoms with van der Waals surface area (Å²) in [4.78, 5) is 36.2. The number of carbonyl (C=O) groups is 2. The molecule has 2 saturated heterocycles. The number of piperidine rings is 2. The van der Waals surface area contributed by atoms with Crippen LogP contribution in [0.15, 0.2) is 28.7 Å². The average Bonchev–Trinajstić information content (AvgIpc) is 3.20. The van der Waals surface area contributed by atoms with Crippen LogP contribution in [0.1, 0.15) is 70.5 Å². The van der Waals surface area contributed by atoms with Crippen molar-refractivity contribution >= 4 is 17.5 Å². The molecule has 2 aromatic rings. The molecule has 7 nitrogen and oxygen atoms in total. The number of nitrogens with zero attached hydrogens (tertiary/aromatic N) is 4. The number of hydrogen-bond donors (Lipinski definition) is 0. The van der Waals surface area contributed by atoms with Crippen LogP contribution in [-0.4, -0.2) is 66.9 Å². The molecule has 2 aliphatic rings. The summed E-state index contributed by atoms with van der Waals surface area (Å²) in [5, 5.41) is 0. The summed E-state index contributed by atoms with van der Waals surface area (Å²) in [6.45, 7) is 4.75. The number of rotatable bonds is 4. The lowest BCUT2D eigenvalue weighted by molar-refractivity contribution is 0.0704. The SMILES string of the molecule is Cc1oc(C2CCN(C(=O)c3cccc(N(C)C)c3)CC2)nc1C(=O)N1CCCCC1. The molecular weight excluding hydrogens is 392 g/mol. The molecule has 0 radical (unpaired) electrons. The molecule has 0 aliphatic carbocycles. The van der Waals surface area contributed by atoms with Gasteiger partial charge >= 0.3 is 0 Å². The Morgan fingerprint density at radius 2 is 1.68 bits per heavy atom. The van der Waals surface area contributed by atoms with Gasteiger partial charge in [0, 0.05) is 57.4 Å². The summed E-state index contributed by atoms with van der Waals surface area (Å²) in [6.07, 6.45) is 4.87. The number of benzene rings is 1. The Bertz CT molecular complexity index is 938. The van der Waals surface area contributed by atoms with Gasteiger partial charge in [0.2, 0.25) is 0 Å². The van der Waals surface area contributed by atoms with Crippen LogP contribution in [0.3, 0.4) is 0 Å². The number of amides is 2. The number of carbonyl (C=O) groups excluding carboxylic acids is 2. The quantitative estimate of drug-likeness (QED) is 0.749. The molecule has 2 fully saturated rings. The third-order valence-electron chi connectivity index (χ3n) is 6.40. The first-order chi connectivity index (χ1) is 14.9. The topological polar surface area (TPSA) is 69.9 Å². The van der Waals surface area contributed by atoms with Gasteiger partial charge in [0.1, 0.15) is 5.76 Å². The van der Waals surface area contributed by atoms with Crippen molar-refractivity contribution in [2.24, 2.45) is 0 Å². The van der Waals surface area contributed by atoms with E-state index in [2.05, 4.69) is 4.98 Å². The standard InChI is InChI=1S/C24H32N4O3/c1-17-21(24(30)27-12-5-4-6-13-27)25-22(31-17)18-10-14-28(15-11-18)23(29)19-8-7-9-20(16-19)26(2)3/h7-9,16,18H,4-6,10-15H2,1-3H3. The van der Waals surface area contributed by atoms with Gasteiger partial charge in [-0.15, -0.1) is 0 Å². The van der Waals surface area contributed by atoms with Crippen molar-refractivity contribution < 1.29 is 14.0 Å². The van der Waals surface area contributed by atoms with E-state index < -0.39 is 0 Å². The highest BCUT2D eigenvalue weighted by Gasteiger charge is 2.30. The zero-order chi connectivity index (χ0) is 22.0. The molecule has 2 amide bonds. The van der Waals surface area contributed by atoms with Crippen LogP contribution in [0.25, 0.3) is 0 Å². The Balaban J connectivity index is 1.39. The number of aromatic nitrogens is 1. The molecule has 4 rings (SSSR count). The van der Waals surface area contributed by atoms with E-state index in [-0.39, 0.29) is 17.7 Å². The number of oxazole rings is 1. The van der Waals surface area contributed by atoms with Gasteiger partial charge in [-0.25, -0.2) is 4.98 Å². The molecule has 0 unspecified atom stereocenters. The normalized spacial score (nSPS) is 17.6. The van der Waals surface area contributed by atoms with Crippen LogP contribution in [0.4, 0.5) is 5.69 Å². The van der Waals surface area contributed by atoms with Crippen molar-refractivity contribution in [3.63, 3.8) is 0 Å². The molecule has 3 heterocycles. The Kier molecular flexibility index (Phi) is 6.30. The zero-order valence-electron chi connectivity index (χ0n) is 18.8. The molecule has 1 aromatic heterocycles. The number of anilines is 1. The predicted octanol–water partition coefficient (Wildman–Crippen LogP) is 3.69. The van der Waals surface area contributed by atoms with Gasteiger partial charge in [-0.05, 0) is 57.2 Å².